The van der Waals surface area contributed by atoms with Crippen LogP contribution in [0.25, 0.3) is 82.0 Å². The molecule has 9 rings (SSSR count). The van der Waals surface area contributed by atoms with E-state index in [-0.39, 0.29) is 0 Å². The van der Waals surface area contributed by atoms with Crippen LogP contribution in [0.5, 0.6) is 0 Å². The van der Waals surface area contributed by atoms with Gasteiger partial charge < -0.3 is 4.57 Å². The predicted molar refractivity (Wildman–Crippen MR) is 174 cm³/mol. The number of hydrogen-bond acceptors (Lipinski definition) is 1. The summed E-state index contributed by atoms with van der Waals surface area (Å²) in [5.41, 5.74) is 6.79. The zero-order chi connectivity index (χ0) is 26.9. The second-order valence-electron chi connectivity index (χ2n) is 10.7. The van der Waals surface area contributed by atoms with Gasteiger partial charge in [-0.05, 0) is 51.9 Å². The molecule has 2 heterocycles. The van der Waals surface area contributed by atoms with E-state index in [4.69, 9.17) is 4.98 Å². The minimum atomic E-state index is 0.989. The summed E-state index contributed by atoms with van der Waals surface area (Å²) in [6.45, 7) is 0. The van der Waals surface area contributed by atoms with E-state index in [0.717, 1.165) is 16.8 Å². The van der Waals surface area contributed by atoms with Gasteiger partial charge in [-0.15, -0.1) is 0 Å². The molecule has 0 saturated carbocycles. The van der Waals surface area contributed by atoms with Crippen molar-refractivity contribution in [3.8, 4) is 16.9 Å². The molecule has 2 heteroatoms. The van der Waals surface area contributed by atoms with Crippen LogP contribution in [0.2, 0.25) is 0 Å². The Hall–Kier alpha value is -5.47. The molecule has 0 fully saturated rings. The van der Waals surface area contributed by atoms with Gasteiger partial charge in [0.15, 0.2) is 0 Å². The van der Waals surface area contributed by atoms with Crippen LogP contribution in [0, 0.1) is 0 Å². The summed E-state index contributed by atoms with van der Waals surface area (Å²) in [6.07, 6.45) is 0. The Labute approximate surface area is 236 Å². The molecule has 0 N–H and O–H groups in total. The molecule has 0 unspecified atom stereocenters. The van der Waals surface area contributed by atoms with Crippen LogP contribution in [0.3, 0.4) is 0 Å². The van der Waals surface area contributed by atoms with Gasteiger partial charge in [-0.25, -0.2) is 4.98 Å². The van der Waals surface area contributed by atoms with Crippen molar-refractivity contribution >= 4 is 65.0 Å². The third kappa shape index (κ3) is 3.16. The number of fused-ring (bicyclic) bond motifs is 10. The number of benzene rings is 7. The molecule has 190 valence electrons. The average molecular weight is 521 g/mol. The van der Waals surface area contributed by atoms with Gasteiger partial charge in [-0.3, -0.25) is 0 Å². The summed E-state index contributed by atoms with van der Waals surface area (Å²) in [7, 11) is 0. The van der Waals surface area contributed by atoms with Gasteiger partial charge in [0.05, 0.1) is 27.9 Å². The lowest BCUT2D eigenvalue weighted by molar-refractivity contribution is 1.20. The third-order valence-electron chi connectivity index (χ3n) is 8.58. The minimum absolute atomic E-state index is 0.989. The Morgan fingerprint density at radius 2 is 0.805 bits per heavy atom. The van der Waals surface area contributed by atoms with E-state index in [1.165, 1.54) is 65.2 Å². The first-order valence-corrected chi connectivity index (χ1v) is 14.1. The maximum absolute atomic E-state index is 5.36. The fourth-order valence-corrected chi connectivity index (χ4v) is 6.79. The SMILES string of the molecule is c1ccc2c(-n3c4ccccc4c4ccccc43)ccc(-c3ccc4c5ccccc5c5ccccc5c4n3)c2c1. The highest BCUT2D eigenvalue weighted by molar-refractivity contribution is 6.24. The number of aromatic nitrogens is 2. The summed E-state index contributed by atoms with van der Waals surface area (Å²) in [5.74, 6) is 0. The average Bonchev–Trinajstić information content (AvgIpc) is 3.38. The fraction of sp³-hybridized carbons (Fsp3) is 0. The first kappa shape index (κ1) is 22.4. The molecule has 0 aliphatic carbocycles. The van der Waals surface area contributed by atoms with Gasteiger partial charge >= 0.3 is 0 Å². The molecule has 7 aromatic carbocycles. The van der Waals surface area contributed by atoms with Crippen LogP contribution in [-0.4, -0.2) is 9.55 Å². The first-order valence-electron chi connectivity index (χ1n) is 14.1. The Morgan fingerprint density at radius 1 is 0.341 bits per heavy atom. The highest BCUT2D eigenvalue weighted by atomic mass is 15.0. The maximum atomic E-state index is 5.36. The highest BCUT2D eigenvalue weighted by Crippen LogP contribution is 2.39. The van der Waals surface area contributed by atoms with Gasteiger partial charge in [0, 0.05) is 32.5 Å². The highest BCUT2D eigenvalue weighted by Gasteiger charge is 2.17. The molecule has 0 aliphatic heterocycles. The zero-order valence-electron chi connectivity index (χ0n) is 22.3. The molecule has 0 radical (unpaired) electrons. The van der Waals surface area contributed by atoms with Gasteiger partial charge in [-0.2, -0.15) is 0 Å². The van der Waals surface area contributed by atoms with Gasteiger partial charge in [0.2, 0.25) is 0 Å². The fourth-order valence-electron chi connectivity index (χ4n) is 6.79. The molecule has 0 aliphatic rings. The summed E-state index contributed by atoms with van der Waals surface area (Å²) < 4.78 is 2.41. The third-order valence-corrected chi connectivity index (χ3v) is 8.58. The molecule has 0 atom stereocenters. The lowest BCUT2D eigenvalue weighted by Crippen LogP contribution is -1.97. The van der Waals surface area contributed by atoms with E-state index in [1.54, 1.807) is 0 Å². The van der Waals surface area contributed by atoms with E-state index >= 15 is 0 Å². The van der Waals surface area contributed by atoms with Crippen LogP contribution in [0.4, 0.5) is 0 Å². The van der Waals surface area contributed by atoms with Gasteiger partial charge in [0.1, 0.15) is 0 Å². The van der Waals surface area contributed by atoms with Crippen molar-refractivity contribution in [1.29, 1.82) is 0 Å². The number of para-hydroxylation sites is 2. The molecule has 9 aromatic rings. The Kier molecular flexibility index (Phi) is 4.64. The molecular formula is C39H24N2. The van der Waals surface area contributed by atoms with E-state index < -0.39 is 0 Å². The van der Waals surface area contributed by atoms with Crippen molar-refractivity contribution in [2.24, 2.45) is 0 Å². The van der Waals surface area contributed by atoms with Crippen molar-refractivity contribution in [2.45, 2.75) is 0 Å². The molecule has 0 spiro atoms. The molecule has 0 amide bonds. The van der Waals surface area contributed by atoms with E-state index in [0.29, 0.717) is 0 Å². The van der Waals surface area contributed by atoms with E-state index in [9.17, 15) is 0 Å². The number of pyridine rings is 1. The molecule has 2 nitrogen and oxygen atoms in total. The molecular weight excluding hydrogens is 496 g/mol. The molecule has 0 saturated heterocycles. The van der Waals surface area contributed by atoms with Crippen molar-refractivity contribution in [3.63, 3.8) is 0 Å². The largest absolute Gasteiger partial charge is 0.309 e. The second-order valence-corrected chi connectivity index (χ2v) is 10.7. The van der Waals surface area contributed by atoms with Crippen molar-refractivity contribution in [1.82, 2.24) is 9.55 Å². The van der Waals surface area contributed by atoms with Crippen LogP contribution in [0.15, 0.2) is 146 Å². The predicted octanol–water partition coefficient (Wildman–Crippen LogP) is 10.5. The summed E-state index contributed by atoms with van der Waals surface area (Å²) in [5, 5.41) is 11.1. The van der Waals surface area contributed by atoms with Crippen LogP contribution in [0.1, 0.15) is 0 Å². The Bertz CT molecular complexity index is 2390. The zero-order valence-corrected chi connectivity index (χ0v) is 22.3. The number of nitrogens with zero attached hydrogens (tertiary/aromatic N) is 2. The maximum Gasteiger partial charge on any atom is 0.0794 e. The molecule has 0 bridgehead atoms. The number of hydrogen-bond donors (Lipinski definition) is 0. The smallest absolute Gasteiger partial charge is 0.0794 e. The minimum Gasteiger partial charge on any atom is -0.309 e. The summed E-state index contributed by atoms with van der Waals surface area (Å²) >= 11 is 0. The number of rotatable bonds is 2. The first-order chi connectivity index (χ1) is 20.4. The second kappa shape index (κ2) is 8.51. The van der Waals surface area contributed by atoms with E-state index in [2.05, 4.69) is 150 Å². The van der Waals surface area contributed by atoms with Crippen LogP contribution in [-0.2, 0) is 0 Å². The van der Waals surface area contributed by atoms with Gasteiger partial charge in [0.25, 0.3) is 0 Å². The lowest BCUT2D eigenvalue weighted by Gasteiger charge is -2.15. The lowest BCUT2D eigenvalue weighted by atomic mass is 9.95. The standard InChI is InChI=1S/C39H24N2/c1-2-13-27-25(11-1)26-12-4-6-18-33(26)39-34(27)21-23-35(40-39)29-22-24-38(30-15-5-3-14-28(29)30)41-36-19-9-7-16-31(36)32-17-8-10-20-37(32)41/h1-24H. The van der Waals surface area contributed by atoms with Crippen molar-refractivity contribution in [2.75, 3.05) is 0 Å². The monoisotopic (exact) mass is 520 g/mol. The normalized spacial score (nSPS) is 11.9. The topological polar surface area (TPSA) is 17.8 Å². The van der Waals surface area contributed by atoms with E-state index in [1.807, 2.05) is 0 Å². The van der Waals surface area contributed by atoms with Crippen LogP contribution < -0.4 is 0 Å². The van der Waals surface area contributed by atoms with Crippen molar-refractivity contribution < 1.29 is 0 Å². The van der Waals surface area contributed by atoms with Crippen LogP contribution >= 0.6 is 0 Å². The summed E-state index contributed by atoms with van der Waals surface area (Å²) in [6, 6.07) is 52.4. The molecule has 41 heavy (non-hydrogen) atoms. The Balaban J connectivity index is 1.34. The molecule has 2 aromatic heterocycles. The Morgan fingerprint density at radius 3 is 1.44 bits per heavy atom. The quantitative estimate of drug-likeness (QED) is 0.207. The van der Waals surface area contributed by atoms with Gasteiger partial charge in [-0.1, -0.05) is 115 Å². The van der Waals surface area contributed by atoms with Crippen molar-refractivity contribution in [3.05, 3.63) is 146 Å². The summed E-state index contributed by atoms with van der Waals surface area (Å²) in [4.78, 5) is 5.36.